The maximum Gasteiger partial charge on any atom is 4.00 e. The van der Waals surface area contributed by atoms with E-state index >= 15 is 0 Å². The maximum absolute atomic E-state index is 0. The molecule has 40 valence electrons. The molecule has 0 amide bonds. The van der Waals surface area contributed by atoms with Gasteiger partial charge < -0.3 is 27.4 Å². The summed E-state index contributed by atoms with van der Waals surface area (Å²) < 4.78 is 0. The van der Waals surface area contributed by atoms with E-state index in [9.17, 15) is 0 Å². The Hall–Kier alpha value is 1.28. The van der Waals surface area contributed by atoms with Gasteiger partial charge in [0.25, 0.3) is 0 Å². The van der Waals surface area contributed by atoms with E-state index in [-0.39, 0.29) is 72.4 Å². The third kappa shape index (κ3) is 124. The Bertz CT molecular complexity index is 8.04. The topological polar surface area (TPSA) is 150 Å². The van der Waals surface area contributed by atoms with Gasteiger partial charge in [-0.3, -0.25) is 0 Å². The molecule has 0 spiro atoms. The molecule has 0 aromatic carbocycles. The van der Waals surface area contributed by atoms with Gasteiger partial charge in [-0.1, -0.05) is 0 Å². The van der Waals surface area contributed by atoms with E-state index in [0.717, 1.165) is 0 Å². The van der Waals surface area contributed by atoms with Crippen molar-refractivity contribution in [3.05, 3.63) is 0 Å². The third-order valence-electron chi connectivity index (χ3n) is 0. The van der Waals surface area contributed by atoms with Crippen molar-refractivity contribution in [3.63, 3.8) is 0 Å². The molecule has 0 aliphatic heterocycles. The van der Waals surface area contributed by atoms with Gasteiger partial charge in [-0.25, -0.2) is 0 Å². The van der Waals surface area contributed by atoms with Crippen molar-refractivity contribution in [1.29, 1.82) is 0 Å². The Balaban J connectivity index is 0. The van der Waals surface area contributed by atoms with Crippen LogP contribution in [0.4, 0.5) is 0 Å². The van der Waals surface area contributed by atoms with Gasteiger partial charge in [-0.15, -0.1) is 0 Å². The SMILES string of the molecule is [Li+].[OH-].[OH-].[OH-].[OH-].[OH-].[Zr+4]. The molecule has 7 heavy (non-hydrogen) atoms. The first-order valence-electron chi connectivity index (χ1n) is 0. The zero-order chi connectivity index (χ0) is 0. The molecule has 0 rings (SSSR count). The van der Waals surface area contributed by atoms with Crippen molar-refractivity contribution in [2.45, 2.75) is 0 Å². The Labute approximate surface area is 72.3 Å². The molecule has 0 aliphatic rings. The van der Waals surface area contributed by atoms with Crippen molar-refractivity contribution < 1.29 is 72.4 Å². The minimum absolute atomic E-state index is 0. The Kier molecular flexibility index (Phi) is 6700. The summed E-state index contributed by atoms with van der Waals surface area (Å²) in [5, 5.41) is 0. The molecule has 0 aromatic rings. The minimum atomic E-state index is 0. The molecule has 0 radical (unpaired) electrons. The molecule has 0 fully saturated rings. The van der Waals surface area contributed by atoms with Gasteiger partial charge >= 0.3 is 45.1 Å². The van der Waals surface area contributed by atoms with Gasteiger partial charge in [0.1, 0.15) is 0 Å². The van der Waals surface area contributed by atoms with Crippen LogP contribution in [0.15, 0.2) is 0 Å². The average Bonchev–Trinajstić information content (AvgIpc) is 0. The van der Waals surface area contributed by atoms with E-state index in [1.165, 1.54) is 0 Å². The zero-order valence-corrected chi connectivity index (χ0v) is 6.19. The molecule has 0 aliphatic carbocycles. The van der Waals surface area contributed by atoms with Crippen molar-refractivity contribution in [3.8, 4) is 0 Å². The standard InChI is InChI=1S/Li.5H2O.Zr/h;5*1H2;/q+1;;;;;;+4/p-5. The van der Waals surface area contributed by atoms with Crippen LogP contribution in [0.1, 0.15) is 0 Å². The molecule has 0 unspecified atom stereocenters. The fourth-order valence-corrected chi connectivity index (χ4v) is 0. The fraction of sp³-hybridized carbons (Fsp3) is 0. The van der Waals surface area contributed by atoms with Crippen LogP contribution in [-0.4, -0.2) is 27.4 Å². The predicted octanol–water partition coefficient (Wildman–Crippen LogP) is -3.88. The van der Waals surface area contributed by atoms with Crippen LogP contribution in [-0.2, 0) is 26.2 Å². The van der Waals surface area contributed by atoms with Gasteiger partial charge in [0.2, 0.25) is 0 Å². The van der Waals surface area contributed by atoms with E-state index in [4.69, 9.17) is 0 Å². The van der Waals surface area contributed by atoms with Gasteiger partial charge in [0.05, 0.1) is 0 Å². The van der Waals surface area contributed by atoms with Crippen LogP contribution in [0.5, 0.6) is 0 Å². The van der Waals surface area contributed by atoms with Crippen LogP contribution >= 0.6 is 0 Å². The van der Waals surface area contributed by atoms with E-state index in [0.29, 0.717) is 0 Å². The fourth-order valence-electron chi connectivity index (χ4n) is 0. The Morgan fingerprint density at radius 2 is 0.429 bits per heavy atom. The van der Waals surface area contributed by atoms with Gasteiger partial charge in [0, 0.05) is 0 Å². The largest absolute Gasteiger partial charge is 4.00 e. The normalized spacial score (nSPS) is 0. The molecular formula is H5LiO5Zr. The smallest absolute Gasteiger partial charge is 0.870 e. The van der Waals surface area contributed by atoms with Crippen LogP contribution in [0.2, 0.25) is 0 Å². The van der Waals surface area contributed by atoms with Crippen LogP contribution in [0, 0.1) is 0 Å². The van der Waals surface area contributed by atoms with E-state index in [1.807, 2.05) is 0 Å². The summed E-state index contributed by atoms with van der Waals surface area (Å²) in [6, 6.07) is 0. The van der Waals surface area contributed by atoms with Crippen molar-refractivity contribution in [2.24, 2.45) is 0 Å². The quantitative estimate of drug-likeness (QED) is 0.352. The second-order valence-electron chi connectivity index (χ2n) is 0. The first kappa shape index (κ1) is 268. The second kappa shape index (κ2) is 175. The van der Waals surface area contributed by atoms with Crippen LogP contribution in [0.3, 0.4) is 0 Å². The van der Waals surface area contributed by atoms with E-state index < -0.39 is 0 Å². The van der Waals surface area contributed by atoms with E-state index in [1.54, 1.807) is 0 Å². The minimum Gasteiger partial charge on any atom is -0.870 e. The monoisotopic (exact) mass is 182 g/mol. The molecule has 7 heteroatoms. The van der Waals surface area contributed by atoms with Crippen molar-refractivity contribution >= 4 is 0 Å². The van der Waals surface area contributed by atoms with Crippen molar-refractivity contribution in [1.82, 2.24) is 0 Å². The summed E-state index contributed by atoms with van der Waals surface area (Å²) in [6.07, 6.45) is 0. The molecule has 0 saturated carbocycles. The number of hydrogen-bond donors (Lipinski definition) is 0. The van der Waals surface area contributed by atoms with Crippen LogP contribution in [0.25, 0.3) is 0 Å². The Morgan fingerprint density at radius 3 is 0.429 bits per heavy atom. The zero-order valence-electron chi connectivity index (χ0n) is 3.74. The van der Waals surface area contributed by atoms with Gasteiger partial charge in [-0.05, 0) is 0 Å². The first-order chi connectivity index (χ1) is 0. The molecule has 5 N–H and O–H groups in total. The molecular weight excluding hydrogens is 178 g/mol. The first-order valence-corrected chi connectivity index (χ1v) is 0. The van der Waals surface area contributed by atoms with Crippen LogP contribution < -0.4 is 18.9 Å². The average molecular weight is 183 g/mol. The molecule has 0 heterocycles. The van der Waals surface area contributed by atoms with E-state index in [2.05, 4.69) is 0 Å². The summed E-state index contributed by atoms with van der Waals surface area (Å²) in [4.78, 5) is 0. The molecule has 0 bridgehead atoms. The van der Waals surface area contributed by atoms with Crippen molar-refractivity contribution in [2.75, 3.05) is 0 Å². The third-order valence-corrected chi connectivity index (χ3v) is 0. The maximum atomic E-state index is 0. The predicted molar refractivity (Wildman–Crippen MR) is 9.68 cm³/mol. The molecule has 0 saturated heterocycles. The summed E-state index contributed by atoms with van der Waals surface area (Å²) in [7, 11) is 0. The summed E-state index contributed by atoms with van der Waals surface area (Å²) >= 11 is 0. The van der Waals surface area contributed by atoms with Gasteiger partial charge in [0.15, 0.2) is 0 Å². The van der Waals surface area contributed by atoms with Gasteiger partial charge in [-0.2, -0.15) is 0 Å². The number of hydrogen-bond acceptors (Lipinski definition) is 5. The second-order valence-corrected chi connectivity index (χ2v) is 0. The molecule has 0 atom stereocenters. The number of rotatable bonds is 0. The summed E-state index contributed by atoms with van der Waals surface area (Å²) in [5.74, 6) is 0. The molecule has 5 nitrogen and oxygen atoms in total. The summed E-state index contributed by atoms with van der Waals surface area (Å²) in [6.45, 7) is 0. The Morgan fingerprint density at radius 1 is 0.429 bits per heavy atom. The molecule has 0 aromatic heterocycles. The summed E-state index contributed by atoms with van der Waals surface area (Å²) in [5.41, 5.74) is 0.